The lowest BCUT2D eigenvalue weighted by molar-refractivity contribution is 0.0955. The van der Waals surface area contributed by atoms with Crippen molar-refractivity contribution in [3.05, 3.63) is 47.5 Å². The number of methoxy groups -OCH3 is 2. The topological polar surface area (TPSA) is 85.9 Å². The average Bonchev–Trinajstić information content (AvgIpc) is 2.82. The first-order chi connectivity index (χ1) is 12.1. The molecule has 2 aromatic rings. The van der Waals surface area contributed by atoms with E-state index in [9.17, 15) is 9.59 Å². The van der Waals surface area contributed by atoms with E-state index in [-0.39, 0.29) is 11.8 Å². The lowest BCUT2D eigenvalue weighted by Crippen LogP contribution is -2.24. The number of carbonyl (C=O) groups excluding carboxylic acids is 2. The number of carbonyl (C=O) groups is 2. The summed E-state index contributed by atoms with van der Waals surface area (Å²) in [4.78, 5) is 24.7. The van der Waals surface area contributed by atoms with Gasteiger partial charge in [-0.2, -0.15) is 0 Å². The van der Waals surface area contributed by atoms with Crippen LogP contribution in [-0.2, 0) is 0 Å². The molecule has 1 heterocycles. The largest absolute Gasteiger partial charge is 0.493 e. The van der Waals surface area contributed by atoms with Crippen LogP contribution in [0.4, 0.5) is 5.69 Å². The Bertz CT molecular complexity index is 819. The van der Waals surface area contributed by atoms with Crippen LogP contribution in [0.1, 0.15) is 20.7 Å². The van der Waals surface area contributed by atoms with Crippen LogP contribution in [0.3, 0.4) is 0 Å². The molecule has 0 saturated heterocycles. The smallest absolute Gasteiger partial charge is 0.259 e. The second-order valence-corrected chi connectivity index (χ2v) is 5.31. The lowest BCUT2D eigenvalue weighted by Gasteiger charge is -2.13. The molecule has 0 bridgehead atoms. The third kappa shape index (κ3) is 3.35. The quantitative estimate of drug-likeness (QED) is 0.888. The van der Waals surface area contributed by atoms with Gasteiger partial charge in [0, 0.05) is 5.69 Å². The fourth-order valence-corrected chi connectivity index (χ4v) is 2.60. The SMILES string of the molecule is COc1cccc(C(=O)Nc2ccc3c(c2)C(=O)NCCO3)c1OC. The number of hydrogen-bond donors (Lipinski definition) is 2. The monoisotopic (exact) mass is 342 g/mol. The van der Waals surface area contributed by atoms with Crippen LogP contribution in [0.25, 0.3) is 0 Å². The van der Waals surface area contributed by atoms with Crippen molar-refractivity contribution in [3.8, 4) is 17.2 Å². The molecule has 0 aliphatic carbocycles. The predicted octanol–water partition coefficient (Wildman–Crippen LogP) is 2.08. The number of para-hydroxylation sites is 1. The number of rotatable bonds is 4. The molecule has 3 rings (SSSR count). The molecule has 2 aromatic carbocycles. The average molecular weight is 342 g/mol. The molecule has 0 aromatic heterocycles. The van der Waals surface area contributed by atoms with E-state index in [2.05, 4.69) is 10.6 Å². The van der Waals surface area contributed by atoms with Gasteiger partial charge in [-0.1, -0.05) is 6.07 Å². The molecule has 0 atom stereocenters. The highest BCUT2D eigenvalue weighted by molar-refractivity contribution is 6.07. The normalized spacial score (nSPS) is 13.0. The van der Waals surface area contributed by atoms with E-state index in [0.29, 0.717) is 47.2 Å². The molecule has 2 amide bonds. The molecule has 0 spiro atoms. The highest BCUT2D eigenvalue weighted by atomic mass is 16.5. The van der Waals surface area contributed by atoms with E-state index in [4.69, 9.17) is 14.2 Å². The Morgan fingerprint density at radius 3 is 2.80 bits per heavy atom. The number of fused-ring (bicyclic) bond motifs is 1. The van der Waals surface area contributed by atoms with Gasteiger partial charge in [-0.3, -0.25) is 9.59 Å². The van der Waals surface area contributed by atoms with Crippen molar-refractivity contribution in [3.63, 3.8) is 0 Å². The summed E-state index contributed by atoms with van der Waals surface area (Å²) in [5, 5.41) is 5.50. The first kappa shape index (κ1) is 16.6. The Morgan fingerprint density at radius 2 is 2.04 bits per heavy atom. The Hall–Kier alpha value is -3.22. The molecular formula is C18H18N2O5. The fourth-order valence-electron chi connectivity index (χ4n) is 2.60. The first-order valence-electron chi connectivity index (χ1n) is 7.71. The first-order valence-corrected chi connectivity index (χ1v) is 7.71. The summed E-state index contributed by atoms with van der Waals surface area (Å²) in [5.74, 6) is 0.698. The lowest BCUT2D eigenvalue weighted by atomic mass is 10.1. The molecule has 0 unspecified atom stereocenters. The summed E-state index contributed by atoms with van der Waals surface area (Å²) >= 11 is 0. The summed E-state index contributed by atoms with van der Waals surface area (Å²) in [7, 11) is 2.98. The zero-order valence-corrected chi connectivity index (χ0v) is 13.9. The van der Waals surface area contributed by atoms with Gasteiger partial charge < -0.3 is 24.8 Å². The summed E-state index contributed by atoms with van der Waals surface area (Å²) in [6.45, 7) is 0.849. The molecule has 1 aliphatic heterocycles. The van der Waals surface area contributed by atoms with Crippen molar-refractivity contribution in [1.29, 1.82) is 0 Å². The van der Waals surface area contributed by atoms with Gasteiger partial charge in [0.2, 0.25) is 0 Å². The van der Waals surface area contributed by atoms with Gasteiger partial charge in [-0.05, 0) is 30.3 Å². The molecule has 7 heteroatoms. The molecule has 130 valence electrons. The Morgan fingerprint density at radius 1 is 1.20 bits per heavy atom. The molecule has 0 saturated carbocycles. The van der Waals surface area contributed by atoms with Gasteiger partial charge in [0.15, 0.2) is 11.5 Å². The van der Waals surface area contributed by atoms with E-state index in [1.54, 1.807) is 36.4 Å². The van der Waals surface area contributed by atoms with Crippen molar-refractivity contribution in [2.45, 2.75) is 0 Å². The minimum absolute atomic E-state index is 0.234. The molecule has 0 fully saturated rings. The number of hydrogen-bond acceptors (Lipinski definition) is 5. The number of anilines is 1. The molecule has 7 nitrogen and oxygen atoms in total. The van der Waals surface area contributed by atoms with Crippen molar-refractivity contribution < 1.29 is 23.8 Å². The van der Waals surface area contributed by atoms with Crippen LogP contribution >= 0.6 is 0 Å². The maximum Gasteiger partial charge on any atom is 0.259 e. The van der Waals surface area contributed by atoms with Crippen LogP contribution < -0.4 is 24.8 Å². The maximum absolute atomic E-state index is 12.6. The summed E-state index contributed by atoms with van der Waals surface area (Å²) in [5.41, 5.74) is 1.19. The van der Waals surface area contributed by atoms with E-state index < -0.39 is 0 Å². The minimum atomic E-state index is -0.370. The van der Waals surface area contributed by atoms with Crippen molar-refractivity contribution >= 4 is 17.5 Å². The van der Waals surface area contributed by atoms with E-state index >= 15 is 0 Å². The van der Waals surface area contributed by atoms with Crippen LogP contribution in [0, 0.1) is 0 Å². The van der Waals surface area contributed by atoms with Crippen molar-refractivity contribution in [2.75, 3.05) is 32.7 Å². The summed E-state index contributed by atoms with van der Waals surface area (Å²) < 4.78 is 16.0. The van der Waals surface area contributed by atoms with Crippen LogP contribution in [0.15, 0.2) is 36.4 Å². The van der Waals surface area contributed by atoms with E-state index in [1.165, 1.54) is 14.2 Å². The van der Waals surface area contributed by atoms with Gasteiger partial charge in [-0.25, -0.2) is 0 Å². The summed E-state index contributed by atoms with van der Waals surface area (Å²) in [6.07, 6.45) is 0. The van der Waals surface area contributed by atoms with Crippen LogP contribution in [0.2, 0.25) is 0 Å². The zero-order valence-electron chi connectivity index (χ0n) is 13.9. The number of nitrogens with one attached hydrogen (secondary N) is 2. The molecule has 1 aliphatic rings. The predicted molar refractivity (Wildman–Crippen MR) is 91.8 cm³/mol. The Balaban J connectivity index is 1.88. The van der Waals surface area contributed by atoms with Crippen LogP contribution in [-0.4, -0.2) is 39.2 Å². The molecule has 0 radical (unpaired) electrons. The van der Waals surface area contributed by atoms with Gasteiger partial charge in [-0.15, -0.1) is 0 Å². The van der Waals surface area contributed by atoms with Crippen LogP contribution in [0.5, 0.6) is 17.2 Å². The second-order valence-electron chi connectivity index (χ2n) is 5.31. The zero-order chi connectivity index (χ0) is 17.8. The standard InChI is InChI=1S/C18H18N2O5/c1-23-15-5-3-4-12(16(15)24-2)18(22)20-11-6-7-14-13(10-11)17(21)19-8-9-25-14/h3-7,10H,8-9H2,1-2H3,(H,19,21)(H,20,22). The highest BCUT2D eigenvalue weighted by Gasteiger charge is 2.19. The maximum atomic E-state index is 12.6. The minimum Gasteiger partial charge on any atom is -0.493 e. The summed E-state index contributed by atoms with van der Waals surface area (Å²) in [6, 6.07) is 9.98. The van der Waals surface area contributed by atoms with Gasteiger partial charge >= 0.3 is 0 Å². The Kier molecular flexibility index (Phi) is 4.74. The number of amides is 2. The second kappa shape index (κ2) is 7.12. The van der Waals surface area contributed by atoms with Crippen molar-refractivity contribution in [2.24, 2.45) is 0 Å². The number of ether oxygens (including phenoxy) is 3. The molecule has 2 N–H and O–H groups in total. The van der Waals surface area contributed by atoms with Crippen molar-refractivity contribution in [1.82, 2.24) is 5.32 Å². The van der Waals surface area contributed by atoms with E-state index in [1.807, 2.05) is 0 Å². The third-order valence-electron chi connectivity index (χ3n) is 3.77. The van der Waals surface area contributed by atoms with E-state index in [0.717, 1.165) is 0 Å². The number of benzene rings is 2. The fraction of sp³-hybridized carbons (Fsp3) is 0.222. The highest BCUT2D eigenvalue weighted by Crippen LogP contribution is 2.31. The van der Waals surface area contributed by atoms with Gasteiger partial charge in [0.05, 0.1) is 31.9 Å². The Labute approximate surface area is 144 Å². The molecule has 25 heavy (non-hydrogen) atoms. The third-order valence-corrected chi connectivity index (χ3v) is 3.77. The van der Waals surface area contributed by atoms with Gasteiger partial charge in [0.25, 0.3) is 11.8 Å². The van der Waals surface area contributed by atoms with Gasteiger partial charge in [0.1, 0.15) is 12.4 Å². The molecular weight excluding hydrogens is 324 g/mol.